The van der Waals surface area contributed by atoms with Crippen LogP contribution in [0, 0.1) is 0 Å². The van der Waals surface area contributed by atoms with Crippen molar-refractivity contribution in [1.82, 2.24) is 9.78 Å². The molecular weight excluding hydrogens is 218 g/mol. The first-order valence-electron chi connectivity index (χ1n) is 5.11. The van der Waals surface area contributed by atoms with Gasteiger partial charge in [-0.2, -0.15) is 5.10 Å². The van der Waals surface area contributed by atoms with Crippen LogP contribution in [0.3, 0.4) is 0 Å². The summed E-state index contributed by atoms with van der Waals surface area (Å²) in [4.78, 5) is 1.27. The van der Waals surface area contributed by atoms with Crippen LogP contribution in [0.2, 0.25) is 0 Å². The predicted molar refractivity (Wildman–Crippen MR) is 68.3 cm³/mol. The third-order valence-corrected chi connectivity index (χ3v) is 3.24. The zero-order valence-electron chi connectivity index (χ0n) is 9.47. The minimum Gasteiger partial charge on any atom is -0.325 e. The van der Waals surface area contributed by atoms with Gasteiger partial charge in [0.25, 0.3) is 0 Å². The molecule has 1 heterocycles. The zero-order valence-corrected chi connectivity index (χ0v) is 10.3. The van der Waals surface area contributed by atoms with E-state index in [1.54, 1.807) is 16.4 Å². The minimum absolute atomic E-state index is 0.473. The number of benzene rings is 1. The molecule has 0 saturated carbocycles. The van der Waals surface area contributed by atoms with Gasteiger partial charge in [0.05, 0.1) is 5.69 Å². The van der Waals surface area contributed by atoms with Gasteiger partial charge in [-0.1, -0.05) is 12.1 Å². The minimum atomic E-state index is 0.473. The van der Waals surface area contributed by atoms with Crippen LogP contribution in [-0.2, 0) is 13.6 Å². The number of nitrogens with two attached hydrogens (primary N) is 1. The van der Waals surface area contributed by atoms with Gasteiger partial charge in [0.2, 0.25) is 0 Å². The van der Waals surface area contributed by atoms with Crippen molar-refractivity contribution in [3.05, 3.63) is 36.2 Å². The van der Waals surface area contributed by atoms with Crippen molar-refractivity contribution in [2.75, 3.05) is 6.26 Å². The van der Waals surface area contributed by atoms with Crippen molar-refractivity contribution in [1.29, 1.82) is 0 Å². The third kappa shape index (κ3) is 2.13. The molecule has 84 valence electrons. The lowest BCUT2D eigenvalue weighted by atomic mass is 10.1. The lowest BCUT2D eigenvalue weighted by molar-refractivity contribution is 0.742. The molecule has 0 amide bonds. The van der Waals surface area contributed by atoms with Crippen LogP contribution in [0.25, 0.3) is 11.1 Å². The Hall–Kier alpha value is -1.26. The second kappa shape index (κ2) is 4.72. The number of aryl methyl sites for hydroxylation is 1. The molecule has 0 bridgehead atoms. The van der Waals surface area contributed by atoms with Gasteiger partial charge in [-0.05, 0) is 24.0 Å². The van der Waals surface area contributed by atoms with Crippen LogP contribution in [0.15, 0.2) is 35.4 Å². The van der Waals surface area contributed by atoms with E-state index in [1.165, 1.54) is 10.5 Å². The quantitative estimate of drug-likeness (QED) is 0.827. The largest absolute Gasteiger partial charge is 0.325 e. The summed E-state index contributed by atoms with van der Waals surface area (Å²) in [7, 11) is 1.92. The Morgan fingerprint density at radius 1 is 1.31 bits per heavy atom. The van der Waals surface area contributed by atoms with Gasteiger partial charge in [0.15, 0.2) is 0 Å². The molecule has 0 spiro atoms. The SMILES string of the molecule is CSc1ccc(-c2cn(C)nc2CN)cc1. The fraction of sp³-hybridized carbons (Fsp3) is 0.250. The number of nitrogens with zero attached hydrogens (tertiary/aromatic N) is 2. The first-order chi connectivity index (χ1) is 7.74. The van der Waals surface area contributed by atoms with E-state index in [1.807, 2.05) is 13.2 Å². The Kier molecular flexibility index (Phi) is 3.31. The van der Waals surface area contributed by atoms with Crippen LogP contribution in [0.5, 0.6) is 0 Å². The number of thioether (sulfide) groups is 1. The molecule has 3 nitrogen and oxygen atoms in total. The highest BCUT2D eigenvalue weighted by atomic mass is 32.2. The fourth-order valence-electron chi connectivity index (χ4n) is 1.70. The average Bonchev–Trinajstić information content (AvgIpc) is 2.70. The van der Waals surface area contributed by atoms with E-state index in [0.29, 0.717) is 6.54 Å². The molecule has 1 aromatic heterocycles. The Labute approximate surface area is 99.7 Å². The molecule has 1 aromatic carbocycles. The Morgan fingerprint density at radius 2 is 2.00 bits per heavy atom. The van der Waals surface area contributed by atoms with Crippen molar-refractivity contribution in [2.45, 2.75) is 11.4 Å². The summed E-state index contributed by atoms with van der Waals surface area (Å²) in [5.41, 5.74) is 8.92. The van der Waals surface area contributed by atoms with Crippen molar-refractivity contribution in [3.63, 3.8) is 0 Å². The van der Waals surface area contributed by atoms with Crippen molar-refractivity contribution in [2.24, 2.45) is 12.8 Å². The molecular formula is C12H15N3S. The van der Waals surface area contributed by atoms with Gasteiger partial charge < -0.3 is 5.73 Å². The van der Waals surface area contributed by atoms with Crippen LogP contribution in [0.1, 0.15) is 5.69 Å². The molecule has 0 radical (unpaired) electrons. The molecule has 0 aliphatic carbocycles. The Bertz CT molecular complexity index is 474. The van der Waals surface area contributed by atoms with Gasteiger partial charge in [-0.25, -0.2) is 0 Å². The van der Waals surface area contributed by atoms with Crippen molar-refractivity contribution in [3.8, 4) is 11.1 Å². The molecule has 0 saturated heterocycles. The molecule has 16 heavy (non-hydrogen) atoms. The van der Waals surface area contributed by atoms with E-state index in [0.717, 1.165) is 11.3 Å². The number of rotatable bonds is 3. The van der Waals surface area contributed by atoms with E-state index in [-0.39, 0.29) is 0 Å². The van der Waals surface area contributed by atoms with Crippen LogP contribution < -0.4 is 5.73 Å². The highest BCUT2D eigenvalue weighted by Crippen LogP contribution is 2.25. The predicted octanol–water partition coefficient (Wildman–Crippen LogP) is 2.27. The number of hydrogen-bond donors (Lipinski definition) is 1. The lowest BCUT2D eigenvalue weighted by Crippen LogP contribution is -1.99. The molecule has 4 heteroatoms. The third-order valence-electron chi connectivity index (χ3n) is 2.50. The van der Waals surface area contributed by atoms with E-state index >= 15 is 0 Å². The normalized spacial score (nSPS) is 10.7. The Morgan fingerprint density at radius 3 is 2.56 bits per heavy atom. The summed E-state index contributed by atoms with van der Waals surface area (Å²) in [6.45, 7) is 0.473. The molecule has 2 aromatic rings. The van der Waals surface area contributed by atoms with E-state index in [9.17, 15) is 0 Å². The lowest BCUT2D eigenvalue weighted by Gasteiger charge is -2.01. The molecule has 0 aliphatic heterocycles. The van der Waals surface area contributed by atoms with Crippen LogP contribution in [0.4, 0.5) is 0 Å². The molecule has 2 N–H and O–H groups in total. The first kappa shape index (κ1) is 11.2. The maximum absolute atomic E-state index is 5.68. The monoisotopic (exact) mass is 233 g/mol. The molecule has 0 aliphatic rings. The Balaban J connectivity index is 2.41. The second-order valence-electron chi connectivity index (χ2n) is 3.60. The highest BCUT2D eigenvalue weighted by molar-refractivity contribution is 7.98. The number of hydrogen-bond acceptors (Lipinski definition) is 3. The van der Waals surface area contributed by atoms with Gasteiger partial charge in [-0.15, -0.1) is 11.8 Å². The summed E-state index contributed by atoms with van der Waals surface area (Å²) in [5.74, 6) is 0. The zero-order chi connectivity index (χ0) is 11.5. The van der Waals surface area contributed by atoms with E-state index in [4.69, 9.17) is 5.73 Å². The van der Waals surface area contributed by atoms with Gasteiger partial charge >= 0.3 is 0 Å². The maximum Gasteiger partial charge on any atom is 0.0838 e. The summed E-state index contributed by atoms with van der Waals surface area (Å²) in [6.07, 6.45) is 4.08. The van der Waals surface area contributed by atoms with Gasteiger partial charge in [0, 0.05) is 30.2 Å². The average molecular weight is 233 g/mol. The first-order valence-corrected chi connectivity index (χ1v) is 6.34. The van der Waals surface area contributed by atoms with Crippen LogP contribution >= 0.6 is 11.8 Å². The van der Waals surface area contributed by atoms with Crippen LogP contribution in [-0.4, -0.2) is 16.0 Å². The van der Waals surface area contributed by atoms with Gasteiger partial charge in [-0.3, -0.25) is 4.68 Å². The summed E-state index contributed by atoms with van der Waals surface area (Å²) < 4.78 is 1.81. The van der Waals surface area contributed by atoms with E-state index < -0.39 is 0 Å². The molecule has 0 atom stereocenters. The summed E-state index contributed by atoms with van der Waals surface area (Å²) >= 11 is 1.74. The molecule has 2 rings (SSSR count). The van der Waals surface area contributed by atoms with E-state index in [2.05, 4.69) is 35.6 Å². The highest BCUT2D eigenvalue weighted by Gasteiger charge is 2.07. The topological polar surface area (TPSA) is 43.8 Å². The smallest absolute Gasteiger partial charge is 0.0838 e. The second-order valence-corrected chi connectivity index (χ2v) is 4.48. The summed E-state index contributed by atoms with van der Waals surface area (Å²) in [6, 6.07) is 8.46. The van der Waals surface area contributed by atoms with Crippen molar-refractivity contribution < 1.29 is 0 Å². The van der Waals surface area contributed by atoms with Gasteiger partial charge in [0.1, 0.15) is 0 Å². The standard InChI is InChI=1S/C12H15N3S/c1-15-8-11(12(7-13)14-15)9-3-5-10(16-2)6-4-9/h3-6,8H,7,13H2,1-2H3. The maximum atomic E-state index is 5.68. The fourth-order valence-corrected chi connectivity index (χ4v) is 2.11. The summed E-state index contributed by atoms with van der Waals surface area (Å²) in [5, 5.41) is 4.33. The molecule has 0 unspecified atom stereocenters. The molecule has 0 fully saturated rings. The van der Waals surface area contributed by atoms with Crippen molar-refractivity contribution >= 4 is 11.8 Å². The number of aromatic nitrogens is 2.